The first-order valence-corrected chi connectivity index (χ1v) is 3.30. The highest BCUT2D eigenvalue weighted by Gasteiger charge is 2.16. The molecule has 1 heterocycles. The second-order valence-corrected chi connectivity index (χ2v) is 2.38. The van der Waals surface area contributed by atoms with Gasteiger partial charge in [0.05, 0.1) is 25.4 Å². The quantitative estimate of drug-likeness (QED) is 0.497. The summed E-state index contributed by atoms with van der Waals surface area (Å²) < 4.78 is 5.12. The summed E-state index contributed by atoms with van der Waals surface area (Å²) in [6.45, 7) is 4.03. The number of aliphatic hydroxyl groups excluding tert-OH is 1. The zero-order valence-electron chi connectivity index (χ0n) is 5.63. The molecule has 1 aliphatic heterocycles. The highest BCUT2D eigenvalue weighted by molar-refractivity contribution is 4.74. The molecule has 1 fully saturated rings. The zero-order valence-corrected chi connectivity index (χ0v) is 5.63. The molecular weight excluding hydrogens is 118 g/mol. The van der Waals surface area contributed by atoms with Crippen molar-refractivity contribution in [2.24, 2.45) is 0 Å². The maximum Gasteiger partial charge on any atom is 0.0687 e. The SMILES string of the molecule is C[C@H](O)[C@@H]1COCCN1. The van der Waals surface area contributed by atoms with Gasteiger partial charge in [-0.3, -0.25) is 0 Å². The molecule has 3 heteroatoms. The number of hydrogen-bond acceptors (Lipinski definition) is 3. The molecule has 0 amide bonds. The van der Waals surface area contributed by atoms with Crippen LogP contribution in [0, 0.1) is 0 Å². The third-order valence-electron chi connectivity index (χ3n) is 1.53. The minimum atomic E-state index is -0.301. The Balaban J connectivity index is 2.23. The summed E-state index contributed by atoms with van der Waals surface area (Å²) in [5, 5.41) is 12.2. The van der Waals surface area contributed by atoms with E-state index in [9.17, 15) is 0 Å². The average molecular weight is 131 g/mol. The Kier molecular flexibility index (Phi) is 2.45. The van der Waals surface area contributed by atoms with Crippen LogP contribution in [0.1, 0.15) is 6.92 Å². The van der Waals surface area contributed by atoms with E-state index in [1.165, 1.54) is 0 Å². The molecule has 0 aliphatic carbocycles. The van der Waals surface area contributed by atoms with E-state index in [1.807, 2.05) is 0 Å². The maximum atomic E-state index is 9.03. The van der Waals surface area contributed by atoms with Gasteiger partial charge in [-0.2, -0.15) is 0 Å². The molecule has 1 saturated heterocycles. The van der Waals surface area contributed by atoms with Gasteiger partial charge in [-0.25, -0.2) is 0 Å². The van der Waals surface area contributed by atoms with E-state index in [4.69, 9.17) is 9.84 Å². The molecule has 3 nitrogen and oxygen atoms in total. The smallest absolute Gasteiger partial charge is 0.0687 e. The van der Waals surface area contributed by atoms with Crippen LogP contribution in [0.3, 0.4) is 0 Å². The second-order valence-electron chi connectivity index (χ2n) is 2.38. The standard InChI is InChI=1S/C6H13NO2/c1-5(8)6-4-9-3-2-7-6/h5-8H,2-4H2,1H3/t5-,6-/m0/s1. The molecule has 2 N–H and O–H groups in total. The normalized spacial score (nSPS) is 32.0. The van der Waals surface area contributed by atoms with E-state index < -0.39 is 0 Å². The maximum absolute atomic E-state index is 9.03. The first-order valence-electron chi connectivity index (χ1n) is 3.30. The fourth-order valence-electron chi connectivity index (χ4n) is 0.896. The third-order valence-corrected chi connectivity index (χ3v) is 1.53. The third kappa shape index (κ3) is 1.93. The molecular formula is C6H13NO2. The number of morpholine rings is 1. The highest BCUT2D eigenvalue weighted by Crippen LogP contribution is 1.97. The molecule has 1 aliphatic rings. The van der Waals surface area contributed by atoms with Crippen LogP contribution in [-0.4, -0.2) is 37.0 Å². The fourth-order valence-corrected chi connectivity index (χ4v) is 0.896. The van der Waals surface area contributed by atoms with E-state index in [-0.39, 0.29) is 12.1 Å². The molecule has 1 rings (SSSR count). The molecule has 0 spiro atoms. The van der Waals surface area contributed by atoms with Crippen LogP contribution in [0.2, 0.25) is 0 Å². The molecule has 0 aromatic carbocycles. The first kappa shape index (κ1) is 6.99. The lowest BCUT2D eigenvalue weighted by Crippen LogP contribution is -2.47. The summed E-state index contributed by atoms with van der Waals surface area (Å²) in [5.74, 6) is 0. The summed E-state index contributed by atoms with van der Waals surface area (Å²) in [5.41, 5.74) is 0. The fraction of sp³-hybridized carbons (Fsp3) is 1.00. The van der Waals surface area contributed by atoms with Gasteiger partial charge in [0, 0.05) is 6.54 Å². The van der Waals surface area contributed by atoms with E-state index >= 15 is 0 Å². The number of aliphatic hydroxyl groups is 1. The minimum Gasteiger partial charge on any atom is -0.392 e. The molecule has 0 radical (unpaired) electrons. The van der Waals surface area contributed by atoms with Gasteiger partial charge in [-0.1, -0.05) is 0 Å². The van der Waals surface area contributed by atoms with Gasteiger partial charge in [-0.15, -0.1) is 0 Å². The Morgan fingerprint density at radius 2 is 2.56 bits per heavy atom. The predicted molar refractivity (Wildman–Crippen MR) is 34.3 cm³/mol. The van der Waals surface area contributed by atoms with Crippen molar-refractivity contribution < 1.29 is 9.84 Å². The summed E-state index contributed by atoms with van der Waals surface area (Å²) in [6.07, 6.45) is -0.301. The summed E-state index contributed by atoms with van der Waals surface area (Å²) in [4.78, 5) is 0. The van der Waals surface area contributed by atoms with Crippen molar-refractivity contribution in [3.63, 3.8) is 0 Å². The Bertz CT molecular complexity index is 79.1. The average Bonchev–Trinajstić information content (AvgIpc) is 1.90. The lowest BCUT2D eigenvalue weighted by Gasteiger charge is -2.25. The number of hydrogen-bond donors (Lipinski definition) is 2. The van der Waals surface area contributed by atoms with Crippen LogP contribution in [0.4, 0.5) is 0 Å². The van der Waals surface area contributed by atoms with Crippen molar-refractivity contribution in [2.75, 3.05) is 19.8 Å². The van der Waals surface area contributed by atoms with E-state index in [0.29, 0.717) is 6.61 Å². The summed E-state index contributed by atoms with van der Waals surface area (Å²) >= 11 is 0. The number of rotatable bonds is 1. The van der Waals surface area contributed by atoms with Gasteiger partial charge in [0.25, 0.3) is 0 Å². The Labute approximate surface area is 55.0 Å². The lowest BCUT2D eigenvalue weighted by molar-refractivity contribution is 0.0253. The molecule has 0 aromatic heterocycles. The number of ether oxygens (including phenoxy) is 1. The monoisotopic (exact) mass is 131 g/mol. The van der Waals surface area contributed by atoms with Crippen molar-refractivity contribution >= 4 is 0 Å². The van der Waals surface area contributed by atoms with Gasteiger partial charge in [0.15, 0.2) is 0 Å². The summed E-state index contributed by atoms with van der Waals surface area (Å²) in [7, 11) is 0. The van der Waals surface area contributed by atoms with Crippen LogP contribution >= 0.6 is 0 Å². The molecule has 54 valence electrons. The van der Waals surface area contributed by atoms with Gasteiger partial charge >= 0.3 is 0 Å². The van der Waals surface area contributed by atoms with Gasteiger partial charge in [0.1, 0.15) is 0 Å². The molecule has 0 bridgehead atoms. The van der Waals surface area contributed by atoms with Crippen molar-refractivity contribution in [2.45, 2.75) is 19.1 Å². The molecule has 0 unspecified atom stereocenters. The topological polar surface area (TPSA) is 41.5 Å². The van der Waals surface area contributed by atoms with Crippen LogP contribution < -0.4 is 5.32 Å². The second kappa shape index (κ2) is 3.15. The van der Waals surface area contributed by atoms with Crippen molar-refractivity contribution in [1.29, 1.82) is 0 Å². The first-order chi connectivity index (χ1) is 4.30. The van der Waals surface area contributed by atoms with E-state index in [0.717, 1.165) is 13.2 Å². The molecule has 0 aromatic rings. The predicted octanol–water partition coefficient (Wildman–Crippen LogP) is -0.644. The molecule has 9 heavy (non-hydrogen) atoms. The van der Waals surface area contributed by atoms with E-state index in [1.54, 1.807) is 6.92 Å². The van der Waals surface area contributed by atoms with Crippen LogP contribution in [0.25, 0.3) is 0 Å². The van der Waals surface area contributed by atoms with Crippen LogP contribution in [0.15, 0.2) is 0 Å². The molecule has 2 atom stereocenters. The van der Waals surface area contributed by atoms with Crippen LogP contribution in [0.5, 0.6) is 0 Å². The summed E-state index contributed by atoms with van der Waals surface area (Å²) in [6, 6.07) is 0.138. The number of nitrogens with one attached hydrogen (secondary N) is 1. The van der Waals surface area contributed by atoms with E-state index in [2.05, 4.69) is 5.32 Å². The van der Waals surface area contributed by atoms with Gasteiger partial charge in [-0.05, 0) is 6.92 Å². The molecule has 0 saturated carbocycles. The van der Waals surface area contributed by atoms with Crippen molar-refractivity contribution in [3.05, 3.63) is 0 Å². The Hall–Kier alpha value is -0.120. The van der Waals surface area contributed by atoms with Crippen molar-refractivity contribution in [1.82, 2.24) is 5.32 Å². The zero-order chi connectivity index (χ0) is 6.69. The minimum absolute atomic E-state index is 0.138. The van der Waals surface area contributed by atoms with Crippen LogP contribution in [-0.2, 0) is 4.74 Å². The Morgan fingerprint density at radius 1 is 1.78 bits per heavy atom. The van der Waals surface area contributed by atoms with Crippen molar-refractivity contribution in [3.8, 4) is 0 Å². The Morgan fingerprint density at radius 3 is 2.89 bits per heavy atom. The largest absolute Gasteiger partial charge is 0.392 e. The lowest BCUT2D eigenvalue weighted by atomic mass is 10.2. The van der Waals surface area contributed by atoms with Gasteiger partial charge in [0.2, 0.25) is 0 Å². The van der Waals surface area contributed by atoms with Gasteiger partial charge < -0.3 is 15.2 Å². The highest BCUT2D eigenvalue weighted by atomic mass is 16.5.